The minimum Gasteiger partial charge on any atom is -0.493 e. The molecule has 1 unspecified atom stereocenters. The first kappa shape index (κ1) is 19.7. The van der Waals surface area contributed by atoms with Crippen molar-refractivity contribution >= 4 is 17.6 Å². The molecule has 6 nitrogen and oxygen atoms in total. The molecule has 0 aromatic heterocycles. The summed E-state index contributed by atoms with van der Waals surface area (Å²) < 4.78 is 16.5. The summed E-state index contributed by atoms with van der Waals surface area (Å²) in [4.78, 5) is 14.2. The molecule has 2 rings (SSSR count). The summed E-state index contributed by atoms with van der Waals surface area (Å²) in [7, 11) is 1.57. The molecular weight excluding hydrogens is 344 g/mol. The first-order valence-corrected chi connectivity index (χ1v) is 9.10. The highest BCUT2D eigenvalue weighted by Gasteiger charge is 2.23. The largest absolute Gasteiger partial charge is 0.493 e. The summed E-state index contributed by atoms with van der Waals surface area (Å²) in [5, 5.41) is 3.41. The number of urea groups is 1. The van der Waals surface area contributed by atoms with Gasteiger partial charge in [-0.3, -0.25) is 0 Å². The number of carbonyl (C=O) groups is 1. The second-order valence-electron chi connectivity index (χ2n) is 5.87. The summed E-state index contributed by atoms with van der Waals surface area (Å²) in [5.74, 6) is 1.09. The Labute approximate surface area is 154 Å². The predicted octanol–water partition coefficient (Wildman–Crippen LogP) is 3.46. The summed E-state index contributed by atoms with van der Waals surface area (Å²) in [5.41, 5.74) is 0.858. The molecule has 1 aromatic rings. The van der Waals surface area contributed by atoms with Gasteiger partial charge in [0.1, 0.15) is 0 Å². The van der Waals surface area contributed by atoms with E-state index in [1.807, 2.05) is 19.9 Å². The second-order valence-corrected chi connectivity index (χ2v) is 6.27. The van der Waals surface area contributed by atoms with Gasteiger partial charge in [-0.15, -0.1) is 0 Å². The van der Waals surface area contributed by atoms with E-state index in [0.29, 0.717) is 42.8 Å². The number of carbonyl (C=O) groups excluding carboxylic acids is 1. The zero-order valence-corrected chi connectivity index (χ0v) is 15.9. The van der Waals surface area contributed by atoms with Gasteiger partial charge in [0, 0.05) is 26.2 Å². The van der Waals surface area contributed by atoms with Crippen molar-refractivity contribution in [2.24, 2.45) is 0 Å². The topological polar surface area (TPSA) is 60.0 Å². The lowest BCUT2D eigenvalue weighted by atomic mass is 10.1. The molecular formula is C18H27ClN2O4. The van der Waals surface area contributed by atoms with Gasteiger partial charge in [0.25, 0.3) is 0 Å². The van der Waals surface area contributed by atoms with Crippen molar-refractivity contribution in [3.63, 3.8) is 0 Å². The van der Waals surface area contributed by atoms with E-state index in [2.05, 4.69) is 5.32 Å². The van der Waals surface area contributed by atoms with Crippen molar-refractivity contribution in [1.29, 1.82) is 0 Å². The van der Waals surface area contributed by atoms with Crippen LogP contribution in [0.5, 0.6) is 11.5 Å². The van der Waals surface area contributed by atoms with Crippen molar-refractivity contribution < 1.29 is 19.0 Å². The summed E-state index contributed by atoms with van der Waals surface area (Å²) in [6.45, 7) is 6.79. The third-order valence-electron chi connectivity index (χ3n) is 4.09. The van der Waals surface area contributed by atoms with E-state index < -0.39 is 0 Å². The molecule has 1 saturated heterocycles. The van der Waals surface area contributed by atoms with E-state index in [-0.39, 0.29) is 12.1 Å². The Bertz CT molecular complexity index is 580. The van der Waals surface area contributed by atoms with Crippen LogP contribution >= 0.6 is 11.6 Å². The van der Waals surface area contributed by atoms with Crippen molar-refractivity contribution in [2.45, 2.75) is 39.3 Å². The number of hydrogen-bond acceptors (Lipinski definition) is 4. The Morgan fingerprint density at radius 3 is 2.84 bits per heavy atom. The van der Waals surface area contributed by atoms with Gasteiger partial charge in [-0.05, 0) is 44.4 Å². The van der Waals surface area contributed by atoms with Crippen molar-refractivity contribution in [3.05, 3.63) is 22.7 Å². The molecule has 1 heterocycles. The van der Waals surface area contributed by atoms with Crippen LogP contribution in [0.2, 0.25) is 5.02 Å². The van der Waals surface area contributed by atoms with Gasteiger partial charge in [-0.2, -0.15) is 0 Å². The van der Waals surface area contributed by atoms with Crippen LogP contribution in [-0.4, -0.2) is 50.4 Å². The molecule has 1 N–H and O–H groups in total. The average Bonchev–Trinajstić information content (AvgIpc) is 2.62. The van der Waals surface area contributed by atoms with Gasteiger partial charge in [-0.25, -0.2) is 4.79 Å². The molecule has 1 atom stereocenters. The molecule has 140 valence electrons. The third-order valence-corrected chi connectivity index (χ3v) is 4.37. The summed E-state index contributed by atoms with van der Waals surface area (Å²) in [6.07, 6.45) is 2.09. The SMILES string of the molecule is CCOc1c(Cl)cc(CNC(=O)N2CCCC(OCC)C2)cc1OC. The number of ether oxygens (including phenoxy) is 3. The highest BCUT2D eigenvalue weighted by atomic mass is 35.5. The van der Waals surface area contributed by atoms with Crippen LogP contribution in [0.25, 0.3) is 0 Å². The number of nitrogens with zero attached hydrogens (tertiary/aromatic N) is 1. The summed E-state index contributed by atoms with van der Waals surface area (Å²) in [6, 6.07) is 3.53. The Kier molecular flexibility index (Phi) is 7.65. The molecule has 0 aliphatic carbocycles. The van der Waals surface area contributed by atoms with Crippen LogP contribution in [0, 0.1) is 0 Å². The number of nitrogens with one attached hydrogen (secondary N) is 1. The van der Waals surface area contributed by atoms with E-state index in [0.717, 1.165) is 24.9 Å². The minimum atomic E-state index is -0.0895. The van der Waals surface area contributed by atoms with Crippen molar-refractivity contribution in [2.75, 3.05) is 33.4 Å². The molecule has 2 amide bonds. The predicted molar refractivity (Wildman–Crippen MR) is 97.6 cm³/mol. The first-order chi connectivity index (χ1) is 12.1. The molecule has 0 radical (unpaired) electrons. The van der Waals surface area contributed by atoms with Gasteiger partial charge in [-0.1, -0.05) is 11.6 Å². The fourth-order valence-electron chi connectivity index (χ4n) is 2.94. The van der Waals surface area contributed by atoms with Crippen LogP contribution in [0.3, 0.4) is 0 Å². The number of halogens is 1. The molecule has 0 saturated carbocycles. The lowest BCUT2D eigenvalue weighted by molar-refractivity contribution is 0.0164. The molecule has 1 aliphatic rings. The van der Waals surface area contributed by atoms with Gasteiger partial charge < -0.3 is 24.4 Å². The van der Waals surface area contributed by atoms with E-state index in [4.69, 9.17) is 25.8 Å². The molecule has 1 fully saturated rings. The summed E-state index contributed by atoms with van der Waals surface area (Å²) >= 11 is 6.27. The normalized spacial score (nSPS) is 17.3. The quantitative estimate of drug-likeness (QED) is 0.798. The molecule has 25 heavy (non-hydrogen) atoms. The highest BCUT2D eigenvalue weighted by Crippen LogP contribution is 2.36. The van der Waals surface area contributed by atoms with Crippen LogP contribution in [0.4, 0.5) is 4.79 Å². The van der Waals surface area contributed by atoms with E-state index in [1.165, 1.54) is 0 Å². The van der Waals surface area contributed by atoms with E-state index in [9.17, 15) is 4.79 Å². The Hall–Kier alpha value is -1.66. The number of hydrogen-bond donors (Lipinski definition) is 1. The maximum absolute atomic E-state index is 12.4. The number of amides is 2. The first-order valence-electron chi connectivity index (χ1n) is 8.72. The van der Waals surface area contributed by atoms with Crippen molar-refractivity contribution in [3.8, 4) is 11.5 Å². The molecule has 0 bridgehead atoms. The Morgan fingerprint density at radius 2 is 2.16 bits per heavy atom. The van der Waals surface area contributed by atoms with Crippen LogP contribution < -0.4 is 14.8 Å². The minimum absolute atomic E-state index is 0.0895. The zero-order chi connectivity index (χ0) is 18.2. The third kappa shape index (κ3) is 5.41. The fourth-order valence-corrected chi connectivity index (χ4v) is 3.23. The number of piperidine rings is 1. The Balaban J connectivity index is 1.96. The highest BCUT2D eigenvalue weighted by molar-refractivity contribution is 6.32. The van der Waals surface area contributed by atoms with E-state index in [1.54, 1.807) is 18.1 Å². The Morgan fingerprint density at radius 1 is 1.36 bits per heavy atom. The standard InChI is InChI=1S/C18H27ClN2O4/c1-4-24-14-7-6-8-21(12-14)18(22)20-11-13-9-15(19)17(25-5-2)16(10-13)23-3/h9-10,14H,4-8,11-12H2,1-3H3,(H,20,22). The van der Waals surface area contributed by atoms with Gasteiger partial charge in [0.05, 0.1) is 24.8 Å². The molecule has 7 heteroatoms. The van der Waals surface area contributed by atoms with Crippen LogP contribution in [-0.2, 0) is 11.3 Å². The maximum atomic E-state index is 12.4. The van der Waals surface area contributed by atoms with Crippen molar-refractivity contribution in [1.82, 2.24) is 10.2 Å². The number of rotatable bonds is 7. The van der Waals surface area contributed by atoms with Gasteiger partial charge in [0.2, 0.25) is 0 Å². The zero-order valence-electron chi connectivity index (χ0n) is 15.1. The van der Waals surface area contributed by atoms with Gasteiger partial charge >= 0.3 is 6.03 Å². The smallest absolute Gasteiger partial charge is 0.317 e. The number of methoxy groups -OCH3 is 1. The average molecular weight is 371 g/mol. The van der Waals surface area contributed by atoms with Gasteiger partial charge in [0.15, 0.2) is 11.5 Å². The molecule has 1 aromatic carbocycles. The maximum Gasteiger partial charge on any atom is 0.317 e. The number of likely N-dealkylation sites (tertiary alicyclic amines) is 1. The lowest BCUT2D eigenvalue weighted by Crippen LogP contribution is -2.47. The second kappa shape index (κ2) is 9.73. The lowest BCUT2D eigenvalue weighted by Gasteiger charge is -2.32. The molecule has 1 aliphatic heterocycles. The fraction of sp³-hybridized carbons (Fsp3) is 0.611. The molecule has 0 spiro atoms. The monoisotopic (exact) mass is 370 g/mol. The van der Waals surface area contributed by atoms with Crippen LogP contribution in [0.15, 0.2) is 12.1 Å². The van der Waals surface area contributed by atoms with E-state index >= 15 is 0 Å². The van der Waals surface area contributed by atoms with Crippen LogP contribution in [0.1, 0.15) is 32.3 Å². The number of benzene rings is 1.